The minimum atomic E-state index is -0.864. The lowest BCUT2D eigenvalue weighted by Gasteiger charge is -2.29. The monoisotopic (exact) mass is 761 g/mol. The number of ether oxygens (including phenoxy) is 1. The van der Waals surface area contributed by atoms with E-state index in [0.717, 1.165) is 40.7 Å². The molecule has 4 amide bonds. The zero-order valence-electron chi connectivity index (χ0n) is 32.1. The van der Waals surface area contributed by atoms with Crippen LogP contribution in [0.2, 0.25) is 0 Å². The first-order valence-electron chi connectivity index (χ1n) is 18.6. The van der Waals surface area contributed by atoms with E-state index in [0.29, 0.717) is 36.7 Å². The van der Waals surface area contributed by atoms with E-state index in [1.807, 2.05) is 52.0 Å². The molecule has 5 N–H and O–H groups in total. The average molecular weight is 762 g/mol. The number of H-pyrrole nitrogens is 1. The second-order valence-corrected chi connectivity index (χ2v) is 15.1. The van der Waals surface area contributed by atoms with Crippen LogP contribution in [-0.2, 0) is 27.8 Å². The fourth-order valence-electron chi connectivity index (χ4n) is 6.59. The van der Waals surface area contributed by atoms with Gasteiger partial charge in [0, 0.05) is 61.2 Å². The number of rotatable bonds is 12. The largest absolute Gasteiger partial charge is 0.444 e. The van der Waals surface area contributed by atoms with E-state index in [2.05, 4.69) is 52.0 Å². The van der Waals surface area contributed by atoms with Crippen LogP contribution in [0, 0.1) is 18.8 Å². The smallest absolute Gasteiger partial charge is 0.407 e. The number of carbonyl (C=O) groups excluding carboxylic acids is 4. The molecule has 1 fully saturated rings. The molecule has 0 spiro atoms. The number of alkyl carbamates (subject to hydrolysis) is 1. The van der Waals surface area contributed by atoms with Crippen molar-refractivity contribution in [2.24, 2.45) is 18.9 Å². The summed E-state index contributed by atoms with van der Waals surface area (Å²) in [5, 5.41) is 29.8. The van der Waals surface area contributed by atoms with Gasteiger partial charge in [-0.05, 0) is 112 Å². The molecule has 6 rings (SSSR count). The van der Waals surface area contributed by atoms with Gasteiger partial charge in [-0.3, -0.25) is 24.0 Å². The molecule has 0 radical (unpaired) electrons. The number of nitrogens with zero attached hydrogens (tertiary/aromatic N) is 6. The van der Waals surface area contributed by atoms with Gasteiger partial charge < -0.3 is 26.0 Å². The third-order valence-corrected chi connectivity index (χ3v) is 9.54. The molecule has 292 valence electrons. The second-order valence-electron chi connectivity index (χ2n) is 15.1. The molecule has 1 unspecified atom stereocenters. The molecule has 56 heavy (non-hydrogen) atoms. The molecule has 3 aromatic heterocycles. The van der Waals surface area contributed by atoms with Crippen molar-refractivity contribution in [3.63, 3.8) is 0 Å². The second kappa shape index (κ2) is 17.3. The molecule has 16 heteroatoms. The molecule has 0 bridgehead atoms. The van der Waals surface area contributed by atoms with Crippen molar-refractivity contribution < 1.29 is 23.9 Å². The van der Waals surface area contributed by atoms with Crippen molar-refractivity contribution in [3.05, 3.63) is 89.9 Å². The molecule has 5 aromatic rings. The van der Waals surface area contributed by atoms with E-state index in [1.54, 1.807) is 60.5 Å². The van der Waals surface area contributed by atoms with Crippen LogP contribution in [0.3, 0.4) is 0 Å². The van der Waals surface area contributed by atoms with Gasteiger partial charge in [0.1, 0.15) is 17.3 Å². The molecular formula is C40H47N11O5. The maximum Gasteiger partial charge on any atom is 0.407 e. The maximum absolute atomic E-state index is 13.8. The quantitative estimate of drug-likeness (QED) is 0.112. The predicted molar refractivity (Wildman–Crippen MR) is 209 cm³/mol. The van der Waals surface area contributed by atoms with Gasteiger partial charge in [0.15, 0.2) is 5.82 Å². The number of tetrazole rings is 1. The summed E-state index contributed by atoms with van der Waals surface area (Å²) in [6.07, 6.45) is 6.03. The molecule has 16 nitrogen and oxygen atoms in total. The van der Waals surface area contributed by atoms with E-state index in [1.165, 1.54) is 0 Å². The number of anilines is 2. The van der Waals surface area contributed by atoms with Crippen molar-refractivity contribution in [1.82, 2.24) is 46.0 Å². The van der Waals surface area contributed by atoms with Gasteiger partial charge in [0.25, 0.3) is 5.91 Å². The van der Waals surface area contributed by atoms with E-state index >= 15 is 0 Å². The Balaban J connectivity index is 1.11. The number of aromatic nitrogens is 7. The summed E-state index contributed by atoms with van der Waals surface area (Å²) in [6.45, 7) is 7.86. The number of carbonyl (C=O) groups is 4. The summed E-state index contributed by atoms with van der Waals surface area (Å²) in [4.78, 5) is 56.8. The Hall–Kier alpha value is -6.45. The van der Waals surface area contributed by atoms with Crippen LogP contribution in [-0.4, -0.2) is 77.4 Å². The topological polar surface area (TPSA) is 211 Å². The minimum Gasteiger partial charge on any atom is -0.444 e. The average Bonchev–Trinajstić information content (AvgIpc) is 3.86. The normalized spacial score (nSPS) is 16.0. The summed E-state index contributed by atoms with van der Waals surface area (Å²) in [5.41, 5.74) is 4.43. The highest BCUT2D eigenvalue weighted by atomic mass is 16.6. The van der Waals surface area contributed by atoms with Crippen LogP contribution >= 0.6 is 0 Å². The van der Waals surface area contributed by atoms with Crippen molar-refractivity contribution >= 4 is 35.3 Å². The lowest BCUT2D eigenvalue weighted by Crippen LogP contribution is -2.48. The fraction of sp³-hybridized carbons (Fsp3) is 0.375. The van der Waals surface area contributed by atoms with Gasteiger partial charge in [0.05, 0.1) is 0 Å². The molecule has 1 saturated carbocycles. The van der Waals surface area contributed by atoms with E-state index in [4.69, 9.17) is 4.74 Å². The van der Waals surface area contributed by atoms with Crippen LogP contribution in [0.4, 0.5) is 16.3 Å². The van der Waals surface area contributed by atoms with E-state index in [9.17, 15) is 19.2 Å². The number of hydrogen-bond acceptors (Lipinski definition) is 10. The Morgan fingerprint density at radius 3 is 2.29 bits per heavy atom. The van der Waals surface area contributed by atoms with Crippen LogP contribution in [0.1, 0.15) is 68.1 Å². The Labute approximate surface area is 324 Å². The van der Waals surface area contributed by atoms with Crippen LogP contribution < -0.4 is 21.3 Å². The third-order valence-electron chi connectivity index (χ3n) is 9.54. The number of aryl methyl sites for hydroxylation is 2. The summed E-state index contributed by atoms with van der Waals surface area (Å²) < 4.78 is 6.95. The van der Waals surface area contributed by atoms with Crippen molar-refractivity contribution in [2.75, 3.05) is 17.2 Å². The lowest BCUT2D eigenvalue weighted by atomic mass is 9.81. The van der Waals surface area contributed by atoms with Gasteiger partial charge in [-0.15, -0.1) is 10.2 Å². The molecule has 1 atom stereocenters. The predicted octanol–water partition coefficient (Wildman–Crippen LogP) is 5.22. The van der Waals surface area contributed by atoms with Crippen LogP contribution in [0.5, 0.6) is 0 Å². The number of nitrogens with one attached hydrogen (secondary N) is 5. The number of amides is 4. The van der Waals surface area contributed by atoms with E-state index in [-0.39, 0.29) is 41.7 Å². The first-order chi connectivity index (χ1) is 26.8. The zero-order chi connectivity index (χ0) is 39.8. The molecule has 1 aliphatic rings. The summed E-state index contributed by atoms with van der Waals surface area (Å²) >= 11 is 0. The number of hydrogen-bond donors (Lipinski definition) is 5. The molecule has 1 aliphatic carbocycles. The molecular weight excluding hydrogens is 715 g/mol. The molecule has 2 aromatic carbocycles. The third kappa shape index (κ3) is 10.6. The lowest BCUT2D eigenvalue weighted by molar-refractivity contribution is -0.130. The highest BCUT2D eigenvalue weighted by molar-refractivity contribution is 6.02. The number of aromatic amines is 1. The Kier molecular flexibility index (Phi) is 12.2. The number of benzene rings is 2. The van der Waals surface area contributed by atoms with Gasteiger partial charge in [0.2, 0.25) is 17.6 Å². The first-order valence-corrected chi connectivity index (χ1v) is 18.6. The molecule has 3 heterocycles. The fourth-order valence-corrected chi connectivity index (χ4v) is 6.59. The van der Waals surface area contributed by atoms with Gasteiger partial charge in [-0.25, -0.2) is 4.79 Å². The van der Waals surface area contributed by atoms with Crippen molar-refractivity contribution in [1.29, 1.82) is 0 Å². The summed E-state index contributed by atoms with van der Waals surface area (Å²) in [7, 11) is 1.77. The van der Waals surface area contributed by atoms with Crippen LogP contribution in [0.25, 0.3) is 22.5 Å². The Bertz CT molecular complexity index is 2130. The highest BCUT2D eigenvalue weighted by Crippen LogP contribution is 2.29. The standard InChI is InChI=1S/C40H47N11O5/c1-24-20-32(37(53)45-34-18-19-51(5)48-34)41-23-31(24)27-10-6-25(7-11-27)21-33(38(54)43-30-16-14-28(15-17-30)35-46-49-50-47-35)44-36(52)29-12-8-26(9-13-29)22-42-39(55)56-40(2,3)4/h6-7,10-11,14-20,23,26,29,33H,8-9,12-13,21-22H2,1-5H3,(H,42,55)(H,43,54)(H,44,52)(H,45,48,53)(H,46,47,49,50). The molecule has 0 saturated heterocycles. The van der Waals surface area contributed by atoms with Gasteiger partial charge >= 0.3 is 6.09 Å². The Morgan fingerprint density at radius 2 is 1.66 bits per heavy atom. The van der Waals surface area contributed by atoms with E-state index < -0.39 is 17.7 Å². The Morgan fingerprint density at radius 1 is 0.946 bits per heavy atom. The summed E-state index contributed by atoms with van der Waals surface area (Å²) in [6, 6.07) is 17.3. The van der Waals surface area contributed by atoms with Crippen LogP contribution in [0.15, 0.2) is 73.1 Å². The van der Waals surface area contributed by atoms with Crippen molar-refractivity contribution in [3.8, 4) is 22.5 Å². The maximum atomic E-state index is 13.8. The summed E-state index contributed by atoms with van der Waals surface area (Å²) in [5.74, 6) is -0.0462. The molecule has 0 aliphatic heterocycles. The zero-order valence-corrected chi connectivity index (χ0v) is 32.1. The SMILES string of the molecule is Cc1cc(C(=O)Nc2ccn(C)n2)ncc1-c1ccc(CC(NC(=O)C2CCC(CNC(=O)OC(C)(C)C)CC2)C(=O)Nc2ccc(-c3nn[nH]n3)cc2)cc1. The highest BCUT2D eigenvalue weighted by Gasteiger charge is 2.30. The first kappa shape index (κ1) is 39.2. The van der Waals surface area contributed by atoms with Gasteiger partial charge in [-0.1, -0.05) is 24.3 Å². The van der Waals surface area contributed by atoms with Crippen molar-refractivity contribution in [2.45, 2.75) is 71.4 Å². The number of pyridine rings is 1. The van der Waals surface area contributed by atoms with Gasteiger partial charge in [-0.2, -0.15) is 10.3 Å². The minimum absolute atomic E-state index is 0.179.